The van der Waals surface area contributed by atoms with Crippen LogP contribution in [0.25, 0.3) is 0 Å². The number of hydrogen-bond donors (Lipinski definition) is 1. The lowest BCUT2D eigenvalue weighted by atomic mass is 9.93. The van der Waals surface area contributed by atoms with Crippen LogP contribution >= 0.6 is 11.6 Å². The predicted octanol–water partition coefficient (Wildman–Crippen LogP) is 2.81. The van der Waals surface area contributed by atoms with E-state index in [9.17, 15) is 21.6 Å². The van der Waals surface area contributed by atoms with Crippen molar-refractivity contribution in [3.63, 3.8) is 0 Å². The smallest absolute Gasteiger partial charge is 0.369 e. The molecule has 1 aliphatic rings. The van der Waals surface area contributed by atoms with E-state index in [1.165, 1.54) is 0 Å². The first-order valence-electron chi connectivity index (χ1n) is 6.96. The molecule has 1 fully saturated rings. The minimum Gasteiger partial charge on any atom is -0.369 e. The van der Waals surface area contributed by atoms with Gasteiger partial charge in [-0.1, -0.05) is 0 Å². The normalized spacial score (nSPS) is 24.2. The molecule has 1 rings (SSSR count). The maximum absolute atomic E-state index is 12.1. The average Bonchev–Trinajstić information content (AvgIpc) is 2.35. The summed E-state index contributed by atoms with van der Waals surface area (Å²) < 4.78 is 67.3. The minimum absolute atomic E-state index is 0.00963. The van der Waals surface area contributed by atoms with Crippen LogP contribution < -0.4 is 4.72 Å². The number of halogens is 4. The first kappa shape index (κ1) is 19.0. The van der Waals surface area contributed by atoms with Gasteiger partial charge in [0.15, 0.2) is 0 Å². The van der Waals surface area contributed by atoms with E-state index in [0.717, 1.165) is 0 Å². The summed E-state index contributed by atoms with van der Waals surface area (Å²) in [7, 11) is -3.41. The molecular formula is C12H21ClF3NO3S. The molecule has 126 valence electrons. The summed E-state index contributed by atoms with van der Waals surface area (Å²) >= 11 is 5.49. The van der Waals surface area contributed by atoms with Gasteiger partial charge in [0.1, 0.15) is 6.61 Å². The van der Waals surface area contributed by atoms with Crippen molar-refractivity contribution in [1.29, 1.82) is 0 Å². The van der Waals surface area contributed by atoms with Gasteiger partial charge in [0.2, 0.25) is 10.0 Å². The van der Waals surface area contributed by atoms with Crippen molar-refractivity contribution in [2.24, 2.45) is 0 Å². The predicted molar refractivity (Wildman–Crippen MR) is 74.9 cm³/mol. The van der Waals surface area contributed by atoms with Crippen molar-refractivity contribution in [3.05, 3.63) is 0 Å². The summed E-state index contributed by atoms with van der Waals surface area (Å²) in [5.41, 5.74) is 0. The Morgan fingerprint density at radius 1 is 1.24 bits per heavy atom. The third kappa shape index (κ3) is 8.85. The van der Waals surface area contributed by atoms with Gasteiger partial charge in [-0.3, -0.25) is 0 Å². The highest BCUT2D eigenvalue weighted by atomic mass is 35.5. The summed E-state index contributed by atoms with van der Waals surface area (Å²) in [4.78, 5) is 0. The van der Waals surface area contributed by atoms with Gasteiger partial charge in [-0.05, 0) is 38.5 Å². The molecule has 0 bridgehead atoms. The molecule has 9 heteroatoms. The highest BCUT2D eigenvalue weighted by molar-refractivity contribution is 7.89. The van der Waals surface area contributed by atoms with Crippen LogP contribution in [0.5, 0.6) is 0 Å². The SMILES string of the molecule is O=S(=O)(CCCCCl)NC1CCCC(OCC(F)(F)F)C1. The van der Waals surface area contributed by atoms with E-state index in [1.54, 1.807) is 0 Å². The zero-order valence-corrected chi connectivity index (χ0v) is 13.2. The van der Waals surface area contributed by atoms with E-state index in [1.807, 2.05) is 0 Å². The molecule has 2 unspecified atom stereocenters. The van der Waals surface area contributed by atoms with Crippen molar-refractivity contribution in [3.8, 4) is 0 Å². The van der Waals surface area contributed by atoms with E-state index in [-0.39, 0.29) is 18.2 Å². The molecule has 0 radical (unpaired) electrons. The molecule has 1 saturated carbocycles. The summed E-state index contributed by atoms with van der Waals surface area (Å²) in [6, 6.07) is -0.349. The first-order chi connectivity index (χ1) is 9.72. The third-order valence-electron chi connectivity index (χ3n) is 3.25. The van der Waals surface area contributed by atoms with Gasteiger partial charge in [0.25, 0.3) is 0 Å². The van der Waals surface area contributed by atoms with Gasteiger partial charge < -0.3 is 4.74 Å². The number of sulfonamides is 1. The average molecular weight is 352 g/mol. The Morgan fingerprint density at radius 2 is 1.95 bits per heavy atom. The second kappa shape index (κ2) is 8.55. The Labute approximate surface area is 128 Å². The highest BCUT2D eigenvalue weighted by Gasteiger charge is 2.32. The lowest BCUT2D eigenvalue weighted by Crippen LogP contribution is -2.42. The Morgan fingerprint density at radius 3 is 2.57 bits per heavy atom. The standard InChI is InChI=1S/C12H21ClF3NO3S/c13-6-1-2-7-21(18,19)17-10-4-3-5-11(8-10)20-9-12(14,15)16/h10-11,17H,1-9H2. The van der Waals surface area contributed by atoms with Crippen molar-refractivity contribution in [2.45, 2.75) is 56.8 Å². The summed E-state index contributed by atoms with van der Waals surface area (Å²) in [5, 5.41) is 0. The summed E-state index contributed by atoms with van der Waals surface area (Å²) in [5.74, 6) is 0.399. The number of alkyl halides is 4. The maximum Gasteiger partial charge on any atom is 0.411 e. The minimum atomic E-state index is -4.35. The second-order valence-corrected chi connectivity index (χ2v) is 7.50. The topological polar surface area (TPSA) is 55.4 Å². The van der Waals surface area contributed by atoms with Crippen LogP contribution in [0.4, 0.5) is 13.2 Å². The van der Waals surface area contributed by atoms with Gasteiger partial charge in [-0.25, -0.2) is 13.1 Å². The molecule has 0 heterocycles. The van der Waals surface area contributed by atoms with E-state index in [0.29, 0.717) is 38.0 Å². The molecule has 21 heavy (non-hydrogen) atoms. The van der Waals surface area contributed by atoms with Gasteiger partial charge in [-0.2, -0.15) is 13.2 Å². The molecule has 0 saturated heterocycles. The third-order valence-corrected chi connectivity index (χ3v) is 5.04. The Bertz CT molecular complexity index is 403. The van der Waals surface area contributed by atoms with E-state index >= 15 is 0 Å². The largest absolute Gasteiger partial charge is 0.411 e. The van der Waals surface area contributed by atoms with Crippen molar-refractivity contribution in [2.75, 3.05) is 18.2 Å². The van der Waals surface area contributed by atoms with Crippen molar-refractivity contribution in [1.82, 2.24) is 4.72 Å². The fourth-order valence-electron chi connectivity index (χ4n) is 2.32. The molecule has 0 aliphatic heterocycles. The first-order valence-corrected chi connectivity index (χ1v) is 9.15. The zero-order valence-electron chi connectivity index (χ0n) is 11.7. The molecule has 1 aliphatic carbocycles. The fourth-order valence-corrected chi connectivity index (χ4v) is 3.93. The van der Waals surface area contributed by atoms with Gasteiger partial charge >= 0.3 is 6.18 Å². The fraction of sp³-hybridized carbons (Fsp3) is 1.00. The van der Waals surface area contributed by atoms with Crippen LogP contribution in [0, 0.1) is 0 Å². The number of rotatable bonds is 8. The quantitative estimate of drug-likeness (QED) is 0.540. The van der Waals surface area contributed by atoms with E-state index in [2.05, 4.69) is 4.72 Å². The summed E-state index contributed by atoms with van der Waals surface area (Å²) in [6.45, 7) is -1.28. The van der Waals surface area contributed by atoms with Crippen LogP contribution in [0.15, 0.2) is 0 Å². The van der Waals surface area contributed by atoms with E-state index in [4.69, 9.17) is 16.3 Å². The summed E-state index contributed by atoms with van der Waals surface area (Å²) in [6.07, 6.45) is -1.72. The molecule has 0 aromatic heterocycles. The molecule has 1 N–H and O–H groups in total. The van der Waals surface area contributed by atoms with Gasteiger partial charge in [0, 0.05) is 11.9 Å². The molecule has 0 amide bonds. The number of hydrogen-bond acceptors (Lipinski definition) is 3. The Hall–Kier alpha value is -0.0500. The van der Waals surface area contributed by atoms with Gasteiger partial charge in [-0.15, -0.1) is 11.6 Å². The number of nitrogens with one attached hydrogen (secondary N) is 1. The molecule has 0 aromatic rings. The van der Waals surface area contributed by atoms with Crippen LogP contribution in [0.3, 0.4) is 0 Å². The number of ether oxygens (including phenoxy) is 1. The molecular weight excluding hydrogens is 331 g/mol. The van der Waals surface area contributed by atoms with Crippen molar-refractivity contribution < 1.29 is 26.3 Å². The van der Waals surface area contributed by atoms with Crippen LogP contribution in [-0.2, 0) is 14.8 Å². The van der Waals surface area contributed by atoms with Crippen LogP contribution in [0.1, 0.15) is 38.5 Å². The monoisotopic (exact) mass is 351 g/mol. The van der Waals surface area contributed by atoms with Crippen LogP contribution in [-0.4, -0.2) is 45.0 Å². The Balaban J connectivity index is 2.38. The lowest BCUT2D eigenvalue weighted by Gasteiger charge is -2.29. The highest BCUT2D eigenvalue weighted by Crippen LogP contribution is 2.24. The number of unbranched alkanes of at least 4 members (excludes halogenated alkanes) is 1. The second-order valence-electron chi connectivity index (χ2n) is 5.24. The molecule has 0 spiro atoms. The van der Waals surface area contributed by atoms with Crippen molar-refractivity contribution >= 4 is 21.6 Å². The zero-order chi connectivity index (χ0) is 15.9. The maximum atomic E-state index is 12.1. The van der Waals surface area contributed by atoms with Gasteiger partial charge in [0.05, 0.1) is 11.9 Å². The molecule has 4 nitrogen and oxygen atoms in total. The lowest BCUT2D eigenvalue weighted by molar-refractivity contribution is -0.188. The Kier molecular flexibility index (Phi) is 7.73. The van der Waals surface area contributed by atoms with Crippen LogP contribution in [0.2, 0.25) is 0 Å². The molecule has 2 atom stereocenters. The molecule has 0 aromatic carbocycles. The van der Waals surface area contributed by atoms with E-state index < -0.39 is 28.9 Å².